The topological polar surface area (TPSA) is 71.1 Å². The SMILES string of the molecule is C=C(C)C(=O)OC(CC)Oc1ccc(C(C)(C)c2ccc(OC(CC)OC(=O)C(=C)C)cc2)cc1. The van der Waals surface area contributed by atoms with E-state index in [4.69, 9.17) is 18.9 Å². The average molecular weight is 481 g/mol. The predicted octanol–water partition coefficient (Wildman–Crippen LogP) is 6.48. The minimum Gasteiger partial charge on any atom is -0.455 e. The van der Waals surface area contributed by atoms with Gasteiger partial charge in [0, 0.05) is 29.4 Å². The largest absolute Gasteiger partial charge is 0.455 e. The van der Waals surface area contributed by atoms with Crippen molar-refractivity contribution in [3.8, 4) is 11.5 Å². The summed E-state index contributed by atoms with van der Waals surface area (Å²) < 4.78 is 22.3. The fraction of sp³-hybridized carbons (Fsp3) is 0.379. The molecule has 2 unspecified atom stereocenters. The van der Waals surface area contributed by atoms with Crippen molar-refractivity contribution < 1.29 is 28.5 Å². The smallest absolute Gasteiger partial charge is 0.336 e. The maximum Gasteiger partial charge on any atom is 0.336 e. The van der Waals surface area contributed by atoms with Crippen LogP contribution in [0, 0.1) is 0 Å². The Morgan fingerprint density at radius 3 is 1.29 bits per heavy atom. The summed E-state index contributed by atoms with van der Waals surface area (Å²) in [4.78, 5) is 23.6. The molecule has 0 saturated heterocycles. The maximum atomic E-state index is 11.8. The average Bonchev–Trinajstić information content (AvgIpc) is 2.83. The summed E-state index contributed by atoms with van der Waals surface area (Å²) in [6, 6.07) is 15.5. The molecule has 0 aliphatic carbocycles. The molecule has 6 nitrogen and oxygen atoms in total. The van der Waals surface area contributed by atoms with Gasteiger partial charge in [0.2, 0.25) is 12.6 Å². The van der Waals surface area contributed by atoms with E-state index in [9.17, 15) is 9.59 Å². The van der Waals surface area contributed by atoms with Crippen LogP contribution in [0.25, 0.3) is 0 Å². The molecule has 2 aromatic carbocycles. The van der Waals surface area contributed by atoms with Crippen LogP contribution in [0.4, 0.5) is 0 Å². The molecule has 0 radical (unpaired) electrons. The van der Waals surface area contributed by atoms with Gasteiger partial charge in [-0.25, -0.2) is 9.59 Å². The van der Waals surface area contributed by atoms with Crippen LogP contribution in [0.1, 0.15) is 65.5 Å². The molecule has 188 valence electrons. The van der Waals surface area contributed by atoms with Gasteiger partial charge >= 0.3 is 11.9 Å². The van der Waals surface area contributed by atoms with Crippen molar-refractivity contribution in [3.05, 3.63) is 84.0 Å². The van der Waals surface area contributed by atoms with E-state index in [0.717, 1.165) is 11.1 Å². The van der Waals surface area contributed by atoms with Crippen molar-refractivity contribution in [1.29, 1.82) is 0 Å². The van der Waals surface area contributed by atoms with Crippen molar-refractivity contribution in [2.24, 2.45) is 0 Å². The minimum atomic E-state index is -0.674. The van der Waals surface area contributed by atoms with Gasteiger partial charge in [0.15, 0.2) is 0 Å². The zero-order valence-corrected chi connectivity index (χ0v) is 21.6. The lowest BCUT2D eigenvalue weighted by Crippen LogP contribution is -2.24. The molecule has 0 saturated carbocycles. The maximum absolute atomic E-state index is 11.8. The molecular weight excluding hydrogens is 444 g/mol. The van der Waals surface area contributed by atoms with Gasteiger partial charge in [-0.15, -0.1) is 0 Å². The highest BCUT2D eigenvalue weighted by Gasteiger charge is 2.24. The van der Waals surface area contributed by atoms with Crippen molar-refractivity contribution in [2.45, 2.75) is 72.4 Å². The molecule has 0 fully saturated rings. The molecule has 2 atom stereocenters. The Bertz CT molecular complexity index is 950. The first-order valence-corrected chi connectivity index (χ1v) is 11.7. The van der Waals surface area contributed by atoms with Gasteiger partial charge in [-0.05, 0) is 49.2 Å². The van der Waals surface area contributed by atoms with Crippen LogP contribution < -0.4 is 9.47 Å². The Balaban J connectivity index is 2.08. The number of esters is 2. The molecule has 0 aliphatic rings. The number of ether oxygens (including phenoxy) is 4. The molecule has 0 amide bonds. The minimum absolute atomic E-state index is 0.287. The van der Waals surface area contributed by atoms with Crippen molar-refractivity contribution >= 4 is 11.9 Å². The van der Waals surface area contributed by atoms with Crippen LogP contribution in [0.5, 0.6) is 11.5 Å². The van der Waals surface area contributed by atoms with Gasteiger partial charge in [-0.1, -0.05) is 65.1 Å². The summed E-state index contributed by atoms with van der Waals surface area (Å²) >= 11 is 0. The Morgan fingerprint density at radius 1 is 0.714 bits per heavy atom. The van der Waals surface area contributed by atoms with E-state index in [-0.39, 0.29) is 5.41 Å². The molecule has 0 aromatic heterocycles. The molecule has 0 bridgehead atoms. The van der Waals surface area contributed by atoms with E-state index < -0.39 is 24.5 Å². The van der Waals surface area contributed by atoms with Gasteiger partial charge < -0.3 is 18.9 Å². The lowest BCUT2D eigenvalue weighted by Gasteiger charge is -2.27. The highest BCUT2D eigenvalue weighted by Crippen LogP contribution is 2.33. The van der Waals surface area contributed by atoms with Crippen LogP contribution >= 0.6 is 0 Å². The first-order chi connectivity index (χ1) is 16.5. The van der Waals surface area contributed by atoms with Gasteiger partial charge in [-0.3, -0.25) is 0 Å². The molecular formula is C29H36O6. The molecule has 2 rings (SSSR count). The normalized spacial score (nSPS) is 12.7. The standard InChI is InChI=1S/C29H36O6/c1-9-25(34-27(30)19(3)4)32-23-15-11-21(12-16-23)29(7,8)22-13-17-24(18-14-22)33-26(10-2)35-28(31)20(5)6/h11-18,25-26H,3,5,9-10H2,1-2,4,6-8H3. The fourth-order valence-electron chi connectivity index (χ4n) is 3.19. The molecule has 2 aromatic rings. The lowest BCUT2D eigenvalue weighted by molar-refractivity contribution is -0.160. The summed E-state index contributed by atoms with van der Waals surface area (Å²) in [5, 5.41) is 0. The second-order valence-corrected chi connectivity index (χ2v) is 8.96. The van der Waals surface area contributed by atoms with E-state index in [1.54, 1.807) is 13.8 Å². The van der Waals surface area contributed by atoms with E-state index in [0.29, 0.717) is 35.5 Å². The van der Waals surface area contributed by atoms with E-state index >= 15 is 0 Å². The Morgan fingerprint density at radius 2 is 1.03 bits per heavy atom. The number of carbonyl (C=O) groups excluding carboxylic acids is 2. The first-order valence-electron chi connectivity index (χ1n) is 11.7. The molecule has 35 heavy (non-hydrogen) atoms. The highest BCUT2D eigenvalue weighted by atomic mass is 16.7. The Kier molecular flexibility index (Phi) is 9.69. The second-order valence-electron chi connectivity index (χ2n) is 8.96. The molecule has 6 heteroatoms. The number of rotatable bonds is 12. The molecule has 0 heterocycles. The Hall–Kier alpha value is -3.54. The summed E-state index contributed by atoms with van der Waals surface area (Å²) in [5.74, 6) is 0.289. The molecule has 0 spiro atoms. The number of hydrogen-bond acceptors (Lipinski definition) is 6. The van der Waals surface area contributed by atoms with Gasteiger partial charge in [-0.2, -0.15) is 0 Å². The monoisotopic (exact) mass is 480 g/mol. The predicted molar refractivity (Wildman–Crippen MR) is 136 cm³/mol. The quantitative estimate of drug-likeness (QED) is 0.197. The number of hydrogen-bond donors (Lipinski definition) is 0. The molecule has 0 aliphatic heterocycles. The van der Waals surface area contributed by atoms with E-state index in [2.05, 4.69) is 27.0 Å². The summed E-state index contributed by atoms with van der Waals surface area (Å²) in [7, 11) is 0. The van der Waals surface area contributed by atoms with Gasteiger partial charge in [0.1, 0.15) is 11.5 Å². The Labute approximate surface area is 208 Å². The summed E-state index contributed by atoms with van der Waals surface area (Å²) in [6.07, 6.45) is -0.308. The molecule has 0 N–H and O–H groups in total. The third-order valence-corrected chi connectivity index (χ3v) is 5.53. The third kappa shape index (κ3) is 7.74. The van der Waals surface area contributed by atoms with Crippen LogP contribution in [-0.2, 0) is 24.5 Å². The summed E-state index contributed by atoms with van der Waals surface area (Å²) in [5.41, 5.74) is 2.56. The third-order valence-electron chi connectivity index (χ3n) is 5.53. The second kappa shape index (κ2) is 12.2. The first kappa shape index (κ1) is 27.7. The van der Waals surface area contributed by atoms with Crippen LogP contribution in [0.15, 0.2) is 72.8 Å². The lowest BCUT2D eigenvalue weighted by atomic mass is 9.78. The van der Waals surface area contributed by atoms with Crippen molar-refractivity contribution in [3.63, 3.8) is 0 Å². The fourth-order valence-corrected chi connectivity index (χ4v) is 3.19. The van der Waals surface area contributed by atoms with Crippen molar-refractivity contribution in [1.82, 2.24) is 0 Å². The highest BCUT2D eigenvalue weighted by molar-refractivity contribution is 5.87. The van der Waals surface area contributed by atoms with Crippen LogP contribution in [0.3, 0.4) is 0 Å². The number of carbonyl (C=O) groups is 2. The van der Waals surface area contributed by atoms with E-state index in [1.807, 2.05) is 62.4 Å². The summed E-state index contributed by atoms with van der Waals surface area (Å²) in [6.45, 7) is 18.4. The van der Waals surface area contributed by atoms with Gasteiger partial charge in [0.05, 0.1) is 0 Å². The zero-order valence-electron chi connectivity index (χ0n) is 21.6. The van der Waals surface area contributed by atoms with Crippen LogP contribution in [-0.4, -0.2) is 24.5 Å². The van der Waals surface area contributed by atoms with Crippen LogP contribution in [0.2, 0.25) is 0 Å². The van der Waals surface area contributed by atoms with Gasteiger partial charge in [0.25, 0.3) is 0 Å². The van der Waals surface area contributed by atoms with Crippen molar-refractivity contribution in [2.75, 3.05) is 0 Å². The van der Waals surface area contributed by atoms with E-state index in [1.165, 1.54) is 0 Å². The zero-order chi connectivity index (χ0) is 26.2. The number of benzene rings is 2.